The van der Waals surface area contributed by atoms with Gasteiger partial charge in [-0.05, 0) is 54.1 Å². The Kier molecular flexibility index (Phi) is 8.79. The molecule has 4 rings (SSSR count). The van der Waals surface area contributed by atoms with Crippen LogP contribution in [0.15, 0.2) is 90.6 Å². The lowest BCUT2D eigenvalue weighted by Gasteiger charge is -2.27. The first-order valence-corrected chi connectivity index (χ1v) is 12.2. The molecule has 1 aromatic heterocycles. The number of aromatic hydroxyl groups is 1. The van der Waals surface area contributed by atoms with E-state index in [1.165, 1.54) is 0 Å². The molecule has 196 valence electrons. The van der Waals surface area contributed by atoms with E-state index in [0.717, 1.165) is 33.8 Å². The average Bonchev–Trinajstić information content (AvgIpc) is 3.31. The Morgan fingerprint density at radius 3 is 2.42 bits per heavy atom. The molecule has 3 aromatic carbocycles. The van der Waals surface area contributed by atoms with E-state index in [0.29, 0.717) is 24.6 Å². The minimum absolute atomic E-state index is 0.126. The van der Waals surface area contributed by atoms with Gasteiger partial charge in [0.15, 0.2) is 0 Å². The number of aromatic nitrogens is 3. The van der Waals surface area contributed by atoms with E-state index >= 15 is 0 Å². The van der Waals surface area contributed by atoms with Crippen LogP contribution in [0.25, 0.3) is 17.3 Å². The third-order valence-corrected chi connectivity index (χ3v) is 6.19. The molecular weight excluding hydrogens is 480 g/mol. The Labute approximate surface area is 222 Å². The van der Waals surface area contributed by atoms with Crippen LogP contribution in [0.1, 0.15) is 16.8 Å². The van der Waals surface area contributed by atoms with Gasteiger partial charge in [0.2, 0.25) is 0 Å². The van der Waals surface area contributed by atoms with Crippen LogP contribution in [0.3, 0.4) is 0 Å². The van der Waals surface area contributed by atoms with Gasteiger partial charge in [0.25, 0.3) is 0 Å². The Hall–Kier alpha value is -4.56. The number of phenols is 1. The summed E-state index contributed by atoms with van der Waals surface area (Å²) >= 11 is 0. The fourth-order valence-electron chi connectivity index (χ4n) is 4.15. The molecular formula is C30H32N4O4. The van der Waals surface area contributed by atoms with Crippen molar-refractivity contribution in [1.82, 2.24) is 19.9 Å². The zero-order valence-electron chi connectivity index (χ0n) is 21.8. The van der Waals surface area contributed by atoms with Crippen molar-refractivity contribution in [3.63, 3.8) is 0 Å². The molecule has 8 heteroatoms. The van der Waals surface area contributed by atoms with E-state index in [4.69, 9.17) is 9.47 Å². The van der Waals surface area contributed by atoms with Gasteiger partial charge in [0.05, 0.1) is 33.1 Å². The van der Waals surface area contributed by atoms with E-state index < -0.39 is 0 Å². The molecule has 0 aliphatic rings. The molecule has 1 heterocycles. The first-order valence-electron chi connectivity index (χ1n) is 12.2. The molecule has 8 nitrogen and oxygen atoms in total. The van der Waals surface area contributed by atoms with Crippen molar-refractivity contribution < 1.29 is 19.7 Å². The van der Waals surface area contributed by atoms with Gasteiger partial charge in [-0.15, -0.1) is 5.10 Å². The van der Waals surface area contributed by atoms with E-state index in [1.807, 2.05) is 79.9 Å². The highest BCUT2D eigenvalue weighted by atomic mass is 16.5. The van der Waals surface area contributed by atoms with Crippen molar-refractivity contribution in [2.24, 2.45) is 7.05 Å². The van der Waals surface area contributed by atoms with Gasteiger partial charge in [-0.2, -0.15) is 0 Å². The first kappa shape index (κ1) is 26.5. The van der Waals surface area contributed by atoms with Crippen molar-refractivity contribution in [3.8, 4) is 28.5 Å². The molecule has 0 amide bonds. The standard InChI is InChI=1S/C30H32N4O4/c1-33-28(30(31-32-33)23-10-14-26(36)15-11-23)21-34(20-24-12-16-27(37-2)19-29(24)38-3)25(17-18-35)13-9-22-7-5-4-6-8-22/h4-17,19,35-36H,18,20-21H2,1-3H3/b13-9+,25-17-. The Morgan fingerprint density at radius 1 is 0.974 bits per heavy atom. The Balaban J connectivity index is 1.75. The largest absolute Gasteiger partial charge is 0.508 e. The molecule has 0 atom stereocenters. The third-order valence-electron chi connectivity index (χ3n) is 6.19. The van der Waals surface area contributed by atoms with Gasteiger partial charge in [-0.25, -0.2) is 4.68 Å². The van der Waals surface area contributed by atoms with Crippen LogP contribution in [-0.4, -0.2) is 50.9 Å². The smallest absolute Gasteiger partial charge is 0.127 e. The van der Waals surface area contributed by atoms with Gasteiger partial charge < -0.3 is 24.6 Å². The summed E-state index contributed by atoms with van der Waals surface area (Å²) < 4.78 is 12.8. The lowest BCUT2D eigenvalue weighted by Crippen LogP contribution is -2.24. The number of aryl methyl sites for hydroxylation is 1. The molecule has 2 N–H and O–H groups in total. The highest BCUT2D eigenvalue weighted by Gasteiger charge is 2.19. The summed E-state index contributed by atoms with van der Waals surface area (Å²) in [5.74, 6) is 1.59. The quantitative estimate of drug-likeness (QED) is 0.279. The normalized spacial score (nSPS) is 11.6. The number of rotatable bonds is 11. The molecule has 0 unspecified atom stereocenters. The van der Waals surface area contributed by atoms with Crippen LogP contribution in [-0.2, 0) is 20.1 Å². The van der Waals surface area contributed by atoms with Crippen molar-refractivity contribution in [1.29, 1.82) is 0 Å². The molecule has 0 fully saturated rings. The van der Waals surface area contributed by atoms with Crippen LogP contribution in [0.5, 0.6) is 17.2 Å². The molecule has 0 radical (unpaired) electrons. The number of allylic oxidation sites excluding steroid dienone is 1. The van der Waals surface area contributed by atoms with Crippen LogP contribution < -0.4 is 9.47 Å². The van der Waals surface area contributed by atoms with Gasteiger partial charge in [0.1, 0.15) is 22.9 Å². The minimum atomic E-state index is -0.126. The lowest BCUT2D eigenvalue weighted by atomic mass is 10.1. The number of aliphatic hydroxyl groups excluding tert-OH is 1. The van der Waals surface area contributed by atoms with E-state index in [9.17, 15) is 10.2 Å². The molecule has 0 spiro atoms. The monoisotopic (exact) mass is 512 g/mol. The zero-order chi connectivity index (χ0) is 26.9. The summed E-state index contributed by atoms with van der Waals surface area (Å²) in [6, 6.07) is 22.6. The van der Waals surface area contributed by atoms with Crippen molar-refractivity contribution in [2.45, 2.75) is 13.1 Å². The number of hydrogen-bond acceptors (Lipinski definition) is 7. The fraction of sp³-hybridized carbons (Fsp3) is 0.200. The first-order chi connectivity index (χ1) is 18.5. The van der Waals surface area contributed by atoms with Crippen molar-refractivity contribution >= 4 is 6.08 Å². The number of methoxy groups -OCH3 is 2. The predicted molar refractivity (Wildman–Crippen MR) is 148 cm³/mol. The Bertz CT molecular complexity index is 1400. The molecule has 0 saturated carbocycles. The summed E-state index contributed by atoms with van der Waals surface area (Å²) in [4.78, 5) is 2.14. The molecule has 4 aromatic rings. The number of aliphatic hydroxyl groups is 1. The van der Waals surface area contributed by atoms with Gasteiger partial charge in [0, 0.05) is 36.5 Å². The van der Waals surface area contributed by atoms with Crippen LogP contribution in [0.4, 0.5) is 0 Å². The maximum Gasteiger partial charge on any atom is 0.127 e. The molecule has 0 saturated heterocycles. The second-order valence-corrected chi connectivity index (χ2v) is 8.64. The maximum absolute atomic E-state index is 9.93. The van der Waals surface area contributed by atoms with E-state index in [2.05, 4.69) is 15.2 Å². The lowest BCUT2D eigenvalue weighted by molar-refractivity contribution is 0.305. The number of phenolic OH excluding ortho intramolecular Hbond substituents is 1. The average molecular weight is 513 g/mol. The van der Waals surface area contributed by atoms with Crippen molar-refractivity contribution in [2.75, 3.05) is 20.8 Å². The molecule has 38 heavy (non-hydrogen) atoms. The summed E-state index contributed by atoms with van der Waals surface area (Å²) in [6.45, 7) is 0.803. The van der Waals surface area contributed by atoms with Crippen molar-refractivity contribution in [3.05, 3.63) is 107 Å². The second-order valence-electron chi connectivity index (χ2n) is 8.64. The highest BCUT2D eigenvalue weighted by Crippen LogP contribution is 2.30. The number of nitrogens with zero attached hydrogens (tertiary/aromatic N) is 4. The highest BCUT2D eigenvalue weighted by molar-refractivity contribution is 5.62. The van der Waals surface area contributed by atoms with E-state index in [-0.39, 0.29) is 12.4 Å². The third kappa shape index (κ3) is 6.41. The second kappa shape index (κ2) is 12.6. The minimum Gasteiger partial charge on any atom is -0.508 e. The molecule has 0 aliphatic carbocycles. The summed E-state index contributed by atoms with van der Waals surface area (Å²) in [5.41, 5.74) is 5.26. The van der Waals surface area contributed by atoms with Crippen LogP contribution in [0.2, 0.25) is 0 Å². The number of hydrogen-bond donors (Lipinski definition) is 2. The molecule has 0 bridgehead atoms. The SMILES string of the molecule is COc1ccc(CN(Cc2c(-c3ccc(O)cc3)nnn2C)C(=C\CO)/C=C/c2ccccc2)c(OC)c1. The van der Waals surface area contributed by atoms with Gasteiger partial charge >= 0.3 is 0 Å². The number of benzene rings is 3. The summed E-state index contributed by atoms with van der Waals surface area (Å²) in [6.07, 6.45) is 5.78. The van der Waals surface area contributed by atoms with Gasteiger partial charge in [-0.1, -0.05) is 41.6 Å². The predicted octanol–water partition coefficient (Wildman–Crippen LogP) is 4.80. The fourth-order valence-corrected chi connectivity index (χ4v) is 4.15. The Morgan fingerprint density at radius 2 is 1.74 bits per heavy atom. The summed E-state index contributed by atoms with van der Waals surface area (Å²) in [7, 11) is 5.11. The topological polar surface area (TPSA) is 92.9 Å². The van der Waals surface area contributed by atoms with Crippen LogP contribution >= 0.6 is 0 Å². The van der Waals surface area contributed by atoms with Crippen LogP contribution in [0, 0.1) is 0 Å². The van der Waals surface area contributed by atoms with E-state index in [1.54, 1.807) is 37.1 Å². The molecule has 0 aliphatic heterocycles. The summed E-state index contributed by atoms with van der Waals surface area (Å²) in [5, 5.41) is 28.4. The number of ether oxygens (including phenoxy) is 2. The zero-order valence-corrected chi connectivity index (χ0v) is 21.8. The van der Waals surface area contributed by atoms with Gasteiger partial charge in [-0.3, -0.25) is 0 Å². The maximum atomic E-state index is 9.93.